The Balaban J connectivity index is 1.71. The molecule has 0 atom stereocenters. The van der Waals surface area contributed by atoms with E-state index in [1.54, 1.807) is 23.5 Å². The third-order valence-corrected chi connectivity index (χ3v) is 5.32. The van der Waals surface area contributed by atoms with Gasteiger partial charge in [-0.05, 0) is 31.7 Å². The third-order valence-electron chi connectivity index (χ3n) is 4.07. The third kappa shape index (κ3) is 4.22. The van der Waals surface area contributed by atoms with Gasteiger partial charge in [-0.2, -0.15) is 5.26 Å². The predicted octanol–water partition coefficient (Wildman–Crippen LogP) is 3.55. The molecule has 26 heavy (non-hydrogen) atoms. The zero-order valence-corrected chi connectivity index (χ0v) is 16.0. The van der Waals surface area contributed by atoms with E-state index >= 15 is 0 Å². The fourth-order valence-corrected chi connectivity index (χ4v) is 3.82. The molecule has 2 aromatic rings. The van der Waals surface area contributed by atoms with Crippen molar-refractivity contribution in [1.29, 1.82) is 5.26 Å². The average molecular weight is 388 g/mol. The normalized spacial score (nSPS) is 14.5. The van der Waals surface area contributed by atoms with Crippen LogP contribution in [0.1, 0.15) is 16.1 Å². The number of halogens is 1. The van der Waals surface area contributed by atoms with Crippen LogP contribution < -0.4 is 10.6 Å². The molecule has 1 aliphatic heterocycles. The first kappa shape index (κ1) is 18.4. The number of nitrogens with one attached hydrogen (secondary N) is 2. The number of nitrogens with zero attached hydrogens (tertiary/aromatic N) is 3. The average Bonchev–Trinajstić information content (AvgIpc) is 3.00. The summed E-state index contributed by atoms with van der Waals surface area (Å²) >= 11 is 7.51. The highest BCUT2D eigenvalue weighted by Gasteiger charge is 2.18. The number of thiazole rings is 1. The summed E-state index contributed by atoms with van der Waals surface area (Å²) in [6.07, 6.45) is 2.30. The second-order valence-electron chi connectivity index (χ2n) is 6.10. The summed E-state index contributed by atoms with van der Waals surface area (Å²) in [5, 5.41) is 16.2. The predicted molar refractivity (Wildman–Crippen MR) is 104 cm³/mol. The van der Waals surface area contributed by atoms with Crippen molar-refractivity contribution in [1.82, 2.24) is 9.88 Å². The van der Waals surface area contributed by atoms with Crippen LogP contribution in [0.5, 0.6) is 0 Å². The lowest BCUT2D eigenvalue weighted by Gasteiger charge is -2.20. The number of aromatic nitrogens is 1. The number of hydrogen-bond donors (Lipinski definition) is 2. The Bertz CT molecular complexity index is 915. The number of carbonyl (C=O) groups is 1. The quantitative estimate of drug-likeness (QED) is 0.619. The van der Waals surface area contributed by atoms with Gasteiger partial charge in [0.05, 0.1) is 5.69 Å². The number of hydrogen-bond acceptors (Lipinski definition) is 6. The van der Waals surface area contributed by atoms with E-state index in [1.807, 2.05) is 19.1 Å². The fourth-order valence-electron chi connectivity index (χ4n) is 2.59. The van der Waals surface area contributed by atoms with Gasteiger partial charge in [0.25, 0.3) is 5.91 Å². The molecule has 1 amide bonds. The molecule has 0 bridgehead atoms. The Labute approximate surface area is 161 Å². The maximum atomic E-state index is 12.4. The maximum absolute atomic E-state index is 12.4. The molecule has 1 aromatic carbocycles. The monoisotopic (exact) mass is 387 g/mol. The summed E-state index contributed by atoms with van der Waals surface area (Å²) in [6, 6.07) is 7.13. The molecule has 0 unspecified atom stereocenters. The highest BCUT2D eigenvalue weighted by Crippen LogP contribution is 2.28. The van der Waals surface area contributed by atoms with Crippen LogP contribution in [0.4, 0.5) is 10.8 Å². The summed E-state index contributed by atoms with van der Waals surface area (Å²) in [4.78, 5) is 20.3. The minimum absolute atomic E-state index is 0.0327. The molecule has 1 aliphatic rings. The Hall–Kier alpha value is -2.40. The zero-order chi connectivity index (χ0) is 18.7. The molecule has 2 N–H and O–H groups in total. The lowest BCUT2D eigenvalue weighted by Crippen LogP contribution is -2.25. The molecule has 0 fully saturated rings. The first-order valence-corrected chi connectivity index (χ1v) is 9.27. The maximum Gasteiger partial charge on any atom is 0.267 e. The Kier molecular flexibility index (Phi) is 5.57. The molecule has 1 aromatic heterocycles. The van der Waals surface area contributed by atoms with E-state index in [0.29, 0.717) is 15.8 Å². The number of nitriles is 1. The summed E-state index contributed by atoms with van der Waals surface area (Å²) in [5.74, 6) is -0.494. The van der Waals surface area contributed by atoms with Crippen molar-refractivity contribution in [3.63, 3.8) is 0 Å². The van der Waals surface area contributed by atoms with Gasteiger partial charge in [-0.25, -0.2) is 4.98 Å². The molecule has 3 rings (SSSR count). The number of benzene rings is 1. The van der Waals surface area contributed by atoms with Gasteiger partial charge in [0.1, 0.15) is 11.6 Å². The summed E-state index contributed by atoms with van der Waals surface area (Å²) < 4.78 is 0. The lowest BCUT2D eigenvalue weighted by atomic mass is 10.2. The highest BCUT2D eigenvalue weighted by molar-refractivity contribution is 7.15. The molecule has 0 radical (unpaired) electrons. The zero-order valence-electron chi connectivity index (χ0n) is 14.5. The van der Waals surface area contributed by atoms with Crippen molar-refractivity contribution in [3.8, 4) is 6.07 Å². The van der Waals surface area contributed by atoms with E-state index in [0.717, 1.165) is 30.8 Å². The van der Waals surface area contributed by atoms with E-state index in [-0.39, 0.29) is 5.57 Å². The minimum Gasteiger partial charge on any atom is -0.337 e. The number of rotatable bonds is 4. The number of anilines is 2. The number of likely N-dealkylation sites (N-methyl/N-ethyl adjacent to an activating group) is 1. The number of fused-ring (bicyclic) bond motifs is 1. The second kappa shape index (κ2) is 7.87. The molecule has 134 valence electrons. The molecule has 0 spiro atoms. The first-order chi connectivity index (χ1) is 12.5. The van der Waals surface area contributed by atoms with Crippen LogP contribution in [0.3, 0.4) is 0 Å². The van der Waals surface area contributed by atoms with Gasteiger partial charge in [0.15, 0.2) is 5.13 Å². The summed E-state index contributed by atoms with van der Waals surface area (Å²) in [6.45, 7) is 3.71. The summed E-state index contributed by atoms with van der Waals surface area (Å²) in [5.41, 5.74) is 2.50. The number of amides is 1. The van der Waals surface area contributed by atoms with Crippen molar-refractivity contribution in [2.45, 2.75) is 19.9 Å². The van der Waals surface area contributed by atoms with Crippen LogP contribution >= 0.6 is 22.9 Å². The van der Waals surface area contributed by atoms with Crippen LogP contribution in [-0.2, 0) is 17.8 Å². The Morgan fingerprint density at radius 3 is 3.08 bits per heavy atom. The van der Waals surface area contributed by atoms with Crippen molar-refractivity contribution < 1.29 is 4.79 Å². The van der Waals surface area contributed by atoms with Gasteiger partial charge in [-0.15, -0.1) is 11.3 Å². The van der Waals surface area contributed by atoms with E-state index < -0.39 is 5.91 Å². The van der Waals surface area contributed by atoms with Gasteiger partial charge in [0.2, 0.25) is 0 Å². The van der Waals surface area contributed by atoms with Gasteiger partial charge in [0, 0.05) is 41.3 Å². The van der Waals surface area contributed by atoms with E-state index in [9.17, 15) is 10.1 Å². The van der Waals surface area contributed by atoms with Crippen molar-refractivity contribution in [2.75, 3.05) is 24.2 Å². The van der Waals surface area contributed by atoms with Gasteiger partial charge in [-0.1, -0.05) is 17.7 Å². The smallest absolute Gasteiger partial charge is 0.267 e. The Morgan fingerprint density at radius 1 is 1.50 bits per heavy atom. The number of carbonyl (C=O) groups excluding carboxylic acids is 1. The van der Waals surface area contributed by atoms with Crippen molar-refractivity contribution >= 4 is 39.7 Å². The van der Waals surface area contributed by atoms with Gasteiger partial charge < -0.3 is 15.5 Å². The van der Waals surface area contributed by atoms with Gasteiger partial charge >= 0.3 is 0 Å². The number of aryl methyl sites for hydroxylation is 1. The van der Waals surface area contributed by atoms with E-state index in [4.69, 9.17) is 11.6 Å². The largest absolute Gasteiger partial charge is 0.337 e. The molecule has 0 saturated carbocycles. The molecule has 6 nitrogen and oxygen atoms in total. The van der Waals surface area contributed by atoms with E-state index in [2.05, 4.69) is 27.6 Å². The topological polar surface area (TPSA) is 81.0 Å². The highest BCUT2D eigenvalue weighted by atomic mass is 35.5. The molecular weight excluding hydrogens is 370 g/mol. The lowest BCUT2D eigenvalue weighted by molar-refractivity contribution is -0.112. The minimum atomic E-state index is -0.494. The van der Waals surface area contributed by atoms with Crippen LogP contribution in [0.2, 0.25) is 5.02 Å². The van der Waals surface area contributed by atoms with Gasteiger partial charge in [-0.3, -0.25) is 4.79 Å². The standard InChI is InChI=1S/C18H18ClN5OS/c1-11-3-4-13(19)7-15(11)22-17(25)12(8-20)9-21-18-23-14-5-6-24(2)10-16(14)26-18/h3-4,7,9H,5-6,10H2,1-2H3,(H,21,23)(H,22,25)/b12-9-. The van der Waals surface area contributed by atoms with Crippen LogP contribution in [0, 0.1) is 18.3 Å². The van der Waals surface area contributed by atoms with Crippen molar-refractivity contribution in [2.24, 2.45) is 0 Å². The molecule has 0 aliphatic carbocycles. The van der Waals surface area contributed by atoms with Crippen LogP contribution in [-0.4, -0.2) is 29.4 Å². The van der Waals surface area contributed by atoms with E-state index in [1.165, 1.54) is 11.1 Å². The Morgan fingerprint density at radius 2 is 2.31 bits per heavy atom. The molecular formula is C18H18ClN5OS. The first-order valence-electron chi connectivity index (χ1n) is 8.07. The molecule has 8 heteroatoms. The van der Waals surface area contributed by atoms with Crippen LogP contribution in [0.25, 0.3) is 0 Å². The fraction of sp³-hybridized carbons (Fsp3) is 0.278. The summed E-state index contributed by atoms with van der Waals surface area (Å²) in [7, 11) is 2.08. The van der Waals surface area contributed by atoms with Crippen LogP contribution in [0.15, 0.2) is 30.0 Å². The second-order valence-corrected chi connectivity index (χ2v) is 7.62. The SMILES string of the molecule is Cc1ccc(Cl)cc1NC(=O)/C(C#N)=C\Nc1nc2c(s1)CN(C)CC2. The molecule has 0 saturated heterocycles. The molecule has 2 heterocycles. The van der Waals surface area contributed by atoms with Crippen molar-refractivity contribution in [3.05, 3.63) is 51.1 Å².